The molecule has 0 heterocycles. The van der Waals surface area contributed by atoms with Gasteiger partial charge in [0.15, 0.2) is 0 Å². The van der Waals surface area contributed by atoms with Crippen molar-refractivity contribution < 1.29 is 19.0 Å². The smallest absolute Gasteiger partial charge is 0.337 e. The highest BCUT2D eigenvalue weighted by molar-refractivity contribution is 5.73. The summed E-state index contributed by atoms with van der Waals surface area (Å²) in [5.74, 6) is 0.780. The van der Waals surface area contributed by atoms with Crippen LogP contribution in [0.15, 0.2) is 24.3 Å². The molecule has 0 N–H and O–H groups in total. The quantitative estimate of drug-likeness (QED) is 0.537. The Morgan fingerprint density at radius 2 is 1.71 bits per heavy atom. The minimum atomic E-state index is -0.419. The fourth-order valence-corrected chi connectivity index (χ4v) is 0.923. The van der Waals surface area contributed by atoms with Crippen molar-refractivity contribution in [3.05, 3.63) is 24.3 Å². The molecular formula is C10H12O4. The maximum Gasteiger partial charge on any atom is 0.337 e. The molecule has 4 heteroatoms. The van der Waals surface area contributed by atoms with E-state index in [0.717, 1.165) is 5.75 Å². The molecule has 0 aromatic heterocycles. The molecule has 14 heavy (non-hydrogen) atoms. The van der Waals surface area contributed by atoms with Crippen molar-refractivity contribution in [2.75, 3.05) is 20.8 Å². The van der Waals surface area contributed by atoms with Gasteiger partial charge in [-0.25, -0.2) is 4.79 Å². The van der Waals surface area contributed by atoms with Crippen molar-refractivity contribution in [1.29, 1.82) is 0 Å². The van der Waals surface area contributed by atoms with Gasteiger partial charge in [-0.05, 0) is 24.3 Å². The fraction of sp³-hybridized carbons (Fsp3) is 0.300. The van der Waals surface area contributed by atoms with Crippen molar-refractivity contribution >= 4 is 5.97 Å². The van der Waals surface area contributed by atoms with Crippen LogP contribution in [0.1, 0.15) is 0 Å². The summed E-state index contributed by atoms with van der Waals surface area (Å²) < 4.78 is 14.5. The summed E-state index contributed by atoms with van der Waals surface area (Å²) in [7, 11) is 3.02. The normalized spacial score (nSPS) is 9.57. The number of hydrogen-bond acceptors (Lipinski definition) is 4. The van der Waals surface area contributed by atoms with E-state index in [1.807, 2.05) is 0 Å². The van der Waals surface area contributed by atoms with Gasteiger partial charge in [0, 0.05) is 7.11 Å². The molecular weight excluding hydrogens is 184 g/mol. The Hall–Kier alpha value is -1.55. The standard InChI is InChI=1S/C10H12O4/c1-12-7-10(11)14-9-5-3-8(13-2)4-6-9/h3-6H,7H2,1-2H3. The molecule has 76 valence electrons. The van der Waals surface area contributed by atoms with Gasteiger partial charge in [0.05, 0.1) is 7.11 Å². The first-order valence-electron chi connectivity index (χ1n) is 4.10. The lowest BCUT2D eigenvalue weighted by molar-refractivity contribution is -0.138. The maximum atomic E-state index is 11.0. The van der Waals surface area contributed by atoms with Crippen molar-refractivity contribution in [1.82, 2.24) is 0 Å². The van der Waals surface area contributed by atoms with E-state index in [4.69, 9.17) is 9.47 Å². The molecule has 0 atom stereocenters. The van der Waals surface area contributed by atoms with E-state index in [2.05, 4.69) is 4.74 Å². The SMILES string of the molecule is COCC(=O)Oc1ccc(OC)cc1. The second-order valence-electron chi connectivity index (χ2n) is 2.58. The Balaban J connectivity index is 2.55. The summed E-state index contributed by atoms with van der Waals surface area (Å²) in [6.07, 6.45) is 0. The Kier molecular flexibility index (Phi) is 3.94. The number of ether oxygens (including phenoxy) is 3. The Labute approximate surface area is 82.4 Å². The van der Waals surface area contributed by atoms with Crippen LogP contribution < -0.4 is 9.47 Å². The largest absolute Gasteiger partial charge is 0.497 e. The van der Waals surface area contributed by atoms with E-state index >= 15 is 0 Å². The van der Waals surface area contributed by atoms with Gasteiger partial charge in [0.2, 0.25) is 0 Å². The van der Waals surface area contributed by atoms with Gasteiger partial charge in [0.1, 0.15) is 18.1 Å². The average molecular weight is 196 g/mol. The number of carbonyl (C=O) groups is 1. The maximum absolute atomic E-state index is 11.0. The number of rotatable bonds is 4. The minimum Gasteiger partial charge on any atom is -0.497 e. The molecule has 0 saturated carbocycles. The number of esters is 1. The molecule has 0 bridgehead atoms. The first kappa shape index (κ1) is 10.5. The van der Waals surface area contributed by atoms with Crippen LogP contribution in [-0.4, -0.2) is 26.8 Å². The van der Waals surface area contributed by atoms with Gasteiger partial charge in [0.25, 0.3) is 0 Å². The number of hydrogen-bond donors (Lipinski definition) is 0. The summed E-state index contributed by atoms with van der Waals surface area (Å²) >= 11 is 0. The second-order valence-corrected chi connectivity index (χ2v) is 2.58. The molecule has 1 aromatic rings. The van der Waals surface area contributed by atoms with Crippen LogP contribution in [0, 0.1) is 0 Å². The molecule has 0 aliphatic heterocycles. The van der Waals surface area contributed by atoms with Gasteiger partial charge in [-0.3, -0.25) is 0 Å². The number of carbonyl (C=O) groups excluding carboxylic acids is 1. The van der Waals surface area contributed by atoms with Crippen molar-refractivity contribution in [3.63, 3.8) is 0 Å². The topological polar surface area (TPSA) is 44.8 Å². The van der Waals surface area contributed by atoms with E-state index in [9.17, 15) is 4.79 Å². The Morgan fingerprint density at radius 3 is 2.21 bits per heavy atom. The predicted molar refractivity (Wildman–Crippen MR) is 50.5 cm³/mol. The monoisotopic (exact) mass is 196 g/mol. The van der Waals surface area contributed by atoms with E-state index in [1.54, 1.807) is 31.4 Å². The predicted octanol–water partition coefficient (Wildman–Crippen LogP) is 1.25. The van der Waals surface area contributed by atoms with Crippen LogP contribution in [0.4, 0.5) is 0 Å². The van der Waals surface area contributed by atoms with Gasteiger partial charge in [-0.2, -0.15) is 0 Å². The zero-order chi connectivity index (χ0) is 10.4. The van der Waals surface area contributed by atoms with E-state index in [0.29, 0.717) is 5.75 Å². The van der Waals surface area contributed by atoms with Crippen LogP contribution in [0.5, 0.6) is 11.5 Å². The minimum absolute atomic E-state index is 0.0496. The summed E-state index contributed by atoms with van der Waals surface area (Å²) in [6.45, 7) is -0.0496. The lowest BCUT2D eigenvalue weighted by Gasteiger charge is -2.04. The molecule has 0 aliphatic carbocycles. The Bertz CT molecular complexity index is 291. The zero-order valence-electron chi connectivity index (χ0n) is 8.15. The van der Waals surface area contributed by atoms with Crippen molar-refractivity contribution in [2.45, 2.75) is 0 Å². The van der Waals surface area contributed by atoms with Crippen LogP contribution >= 0.6 is 0 Å². The fourth-order valence-electron chi connectivity index (χ4n) is 0.923. The van der Waals surface area contributed by atoms with Gasteiger partial charge >= 0.3 is 5.97 Å². The highest BCUT2D eigenvalue weighted by Crippen LogP contribution is 2.16. The van der Waals surface area contributed by atoms with Crippen LogP contribution in [-0.2, 0) is 9.53 Å². The molecule has 0 aliphatic rings. The second kappa shape index (κ2) is 5.24. The van der Waals surface area contributed by atoms with Gasteiger partial charge < -0.3 is 14.2 Å². The lowest BCUT2D eigenvalue weighted by atomic mass is 10.3. The summed E-state index contributed by atoms with van der Waals surface area (Å²) in [4.78, 5) is 11.0. The van der Waals surface area contributed by atoms with Crippen LogP contribution in [0.3, 0.4) is 0 Å². The summed E-state index contributed by atoms with van der Waals surface area (Å²) in [5, 5.41) is 0. The molecule has 0 spiro atoms. The first-order valence-corrected chi connectivity index (χ1v) is 4.10. The zero-order valence-corrected chi connectivity index (χ0v) is 8.15. The van der Waals surface area contributed by atoms with Crippen LogP contribution in [0.25, 0.3) is 0 Å². The molecule has 0 saturated heterocycles. The summed E-state index contributed by atoms with van der Waals surface area (Å²) in [6, 6.07) is 6.75. The summed E-state index contributed by atoms with van der Waals surface area (Å²) in [5.41, 5.74) is 0. The highest BCUT2D eigenvalue weighted by atomic mass is 16.6. The van der Waals surface area contributed by atoms with Crippen molar-refractivity contribution in [2.24, 2.45) is 0 Å². The highest BCUT2D eigenvalue weighted by Gasteiger charge is 2.03. The molecule has 0 radical (unpaired) electrons. The molecule has 0 unspecified atom stereocenters. The van der Waals surface area contributed by atoms with Gasteiger partial charge in [-0.1, -0.05) is 0 Å². The third kappa shape index (κ3) is 3.06. The first-order chi connectivity index (χ1) is 6.76. The van der Waals surface area contributed by atoms with Crippen molar-refractivity contribution in [3.8, 4) is 11.5 Å². The van der Waals surface area contributed by atoms with E-state index < -0.39 is 5.97 Å². The van der Waals surface area contributed by atoms with E-state index in [1.165, 1.54) is 7.11 Å². The molecule has 0 amide bonds. The third-order valence-corrected chi connectivity index (χ3v) is 1.55. The number of methoxy groups -OCH3 is 2. The van der Waals surface area contributed by atoms with Gasteiger partial charge in [-0.15, -0.1) is 0 Å². The third-order valence-electron chi connectivity index (χ3n) is 1.55. The van der Waals surface area contributed by atoms with E-state index in [-0.39, 0.29) is 6.61 Å². The number of benzene rings is 1. The molecule has 1 aromatic carbocycles. The van der Waals surface area contributed by atoms with Crippen LogP contribution in [0.2, 0.25) is 0 Å². The molecule has 4 nitrogen and oxygen atoms in total. The molecule has 1 rings (SSSR count). The average Bonchev–Trinajstić information content (AvgIpc) is 2.19. The lowest BCUT2D eigenvalue weighted by Crippen LogP contribution is -2.13. The molecule has 0 fully saturated rings. The Morgan fingerprint density at radius 1 is 1.14 bits per heavy atom.